The zero-order valence-electron chi connectivity index (χ0n) is 20.8. The molecule has 1 amide bonds. The summed E-state index contributed by atoms with van der Waals surface area (Å²) in [5.74, 6) is 0.0617. The van der Waals surface area contributed by atoms with Gasteiger partial charge in [0.1, 0.15) is 17.9 Å². The first-order valence-corrected chi connectivity index (χ1v) is 12.8. The maximum atomic E-state index is 13.2. The summed E-state index contributed by atoms with van der Waals surface area (Å²) in [4.78, 5) is 37.9. The number of rotatable bonds is 6. The number of ether oxygens (including phenoxy) is 1. The minimum atomic E-state index is -0.486. The van der Waals surface area contributed by atoms with E-state index in [2.05, 4.69) is 35.7 Å². The van der Waals surface area contributed by atoms with Crippen molar-refractivity contribution >= 4 is 34.3 Å². The molecule has 1 saturated heterocycles. The highest BCUT2D eigenvalue weighted by atomic mass is 16.5. The molecular weight excluding hydrogens is 470 g/mol. The molecule has 192 valence electrons. The molecule has 2 fully saturated rings. The number of hydrogen-bond acceptors (Lipinski definition) is 8. The van der Waals surface area contributed by atoms with Crippen LogP contribution in [0.4, 0.5) is 28.4 Å². The zero-order valence-corrected chi connectivity index (χ0v) is 20.8. The van der Waals surface area contributed by atoms with Crippen LogP contribution in [0.5, 0.6) is 5.88 Å². The number of aromatic amines is 1. The fraction of sp³-hybridized carbons (Fsp3) is 0.370. The van der Waals surface area contributed by atoms with Gasteiger partial charge in [-0.2, -0.15) is 0 Å². The van der Waals surface area contributed by atoms with Crippen molar-refractivity contribution in [3.05, 3.63) is 64.2 Å². The third kappa shape index (κ3) is 4.84. The first-order valence-electron chi connectivity index (χ1n) is 12.8. The Balaban J connectivity index is 1.16. The van der Waals surface area contributed by atoms with Crippen LogP contribution in [0.2, 0.25) is 0 Å². The second kappa shape index (κ2) is 9.78. The molecule has 10 nitrogen and oxygen atoms in total. The third-order valence-electron chi connectivity index (χ3n) is 7.27. The molecule has 0 spiro atoms. The van der Waals surface area contributed by atoms with Crippen molar-refractivity contribution < 1.29 is 9.53 Å². The van der Waals surface area contributed by atoms with Gasteiger partial charge in [-0.25, -0.2) is 4.98 Å². The smallest absolute Gasteiger partial charge is 0.263 e. The van der Waals surface area contributed by atoms with Gasteiger partial charge >= 0.3 is 0 Å². The lowest BCUT2D eigenvalue weighted by Crippen LogP contribution is -2.47. The molecule has 0 unspecified atom stereocenters. The molecule has 2 aromatic heterocycles. The summed E-state index contributed by atoms with van der Waals surface area (Å²) in [5, 5.41) is 9.39. The van der Waals surface area contributed by atoms with Crippen LogP contribution < -0.4 is 31.1 Å². The lowest BCUT2D eigenvalue weighted by Gasteiger charge is -2.36. The molecule has 1 aromatic carbocycles. The molecule has 2 aliphatic heterocycles. The van der Waals surface area contributed by atoms with E-state index in [1.54, 1.807) is 12.3 Å². The number of aromatic nitrogens is 2. The van der Waals surface area contributed by atoms with Gasteiger partial charge in [0.15, 0.2) is 0 Å². The van der Waals surface area contributed by atoms with E-state index in [0.29, 0.717) is 36.1 Å². The fourth-order valence-corrected chi connectivity index (χ4v) is 5.03. The average Bonchev–Trinajstić information content (AvgIpc) is 3.77. The van der Waals surface area contributed by atoms with Crippen molar-refractivity contribution in [2.24, 2.45) is 0 Å². The maximum Gasteiger partial charge on any atom is 0.263 e. The van der Waals surface area contributed by atoms with Gasteiger partial charge in [-0.3, -0.25) is 14.5 Å². The first kappa shape index (κ1) is 23.4. The number of fused-ring (bicyclic) bond motifs is 1. The van der Waals surface area contributed by atoms with Gasteiger partial charge in [-0.05, 0) is 50.1 Å². The Bertz CT molecular complexity index is 1360. The predicted molar refractivity (Wildman–Crippen MR) is 145 cm³/mol. The van der Waals surface area contributed by atoms with E-state index in [9.17, 15) is 9.59 Å². The number of anilines is 5. The summed E-state index contributed by atoms with van der Waals surface area (Å²) in [5.41, 5.74) is 4.08. The number of carbonyl (C=O) groups excluding carboxylic acids is 1. The Hall–Kier alpha value is -4.05. The summed E-state index contributed by atoms with van der Waals surface area (Å²) in [7, 11) is 0. The normalized spacial score (nSPS) is 17.4. The molecule has 6 rings (SSSR count). The number of pyridine rings is 2. The minimum Gasteiger partial charge on any atom is -0.474 e. The molecular formula is C27H31N7O3. The predicted octanol–water partition coefficient (Wildman–Crippen LogP) is 3.16. The quantitative estimate of drug-likeness (QED) is 0.407. The molecule has 1 saturated carbocycles. The van der Waals surface area contributed by atoms with Crippen LogP contribution in [-0.2, 0) is 0 Å². The molecule has 10 heteroatoms. The van der Waals surface area contributed by atoms with Crippen LogP contribution in [-0.4, -0.2) is 66.1 Å². The summed E-state index contributed by atoms with van der Waals surface area (Å²) in [6.45, 7) is 7.39. The van der Waals surface area contributed by atoms with Gasteiger partial charge in [0, 0.05) is 61.9 Å². The molecule has 4 heterocycles. The lowest BCUT2D eigenvalue weighted by atomic mass is 10.1. The van der Waals surface area contributed by atoms with E-state index >= 15 is 0 Å². The minimum absolute atomic E-state index is 0.00380. The Labute approximate surface area is 215 Å². The van der Waals surface area contributed by atoms with Gasteiger partial charge in [-0.15, -0.1) is 0 Å². The van der Waals surface area contributed by atoms with Gasteiger partial charge in [0.2, 0.25) is 5.88 Å². The largest absolute Gasteiger partial charge is 0.474 e. The number of nitrogens with one attached hydrogen (secondary N) is 4. The third-order valence-corrected chi connectivity index (χ3v) is 7.27. The number of amides is 1. The van der Waals surface area contributed by atoms with Crippen molar-refractivity contribution in [3.8, 4) is 5.88 Å². The number of piperazine rings is 1. The Morgan fingerprint density at radius 2 is 1.86 bits per heavy atom. The van der Waals surface area contributed by atoms with Crippen molar-refractivity contribution in [3.63, 3.8) is 0 Å². The number of hydrogen-bond donors (Lipinski definition) is 4. The molecule has 37 heavy (non-hydrogen) atoms. The van der Waals surface area contributed by atoms with Crippen LogP contribution in [0.15, 0.2) is 47.5 Å². The highest BCUT2D eigenvalue weighted by Crippen LogP contribution is 2.34. The van der Waals surface area contributed by atoms with E-state index in [4.69, 9.17) is 4.74 Å². The topological polar surface area (TPSA) is 115 Å². The summed E-state index contributed by atoms with van der Waals surface area (Å²) in [6, 6.07) is 10.3. The van der Waals surface area contributed by atoms with Crippen LogP contribution in [0.1, 0.15) is 28.8 Å². The van der Waals surface area contributed by atoms with E-state index in [0.717, 1.165) is 49.2 Å². The van der Waals surface area contributed by atoms with Gasteiger partial charge in [0.25, 0.3) is 11.5 Å². The van der Waals surface area contributed by atoms with Crippen molar-refractivity contribution in [1.29, 1.82) is 0 Å². The Morgan fingerprint density at radius 1 is 1.08 bits per heavy atom. The summed E-state index contributed by atoms with van der Waals surface area (Å²) < 4.78 is 5.59. The Morgan fingerprint density at radius 3 is 2.62 bits per heavy atom. The van der Waals surface area contributed by atoms with Gasteiger partial charge in [0.05, 0.1) is 17.6 Å². The standard InChI is InChI=1S/C27H31N7O3/c1-17-22(16-30-27-24(17)28-10-15-37-27)32-21-8-9-29-25(35)23(21)26(36)31-18-2-4-19(5-3-18)33-11-13-34(14-12-33)20-6-7-20/h2-5,8-9,16,20,28H,6-7,10-15H2,1H3,(H,31,36)(H2,29,32,35). The molecule has 4 N–H and O–H groups in total. The van der Waals surface area contributed by atoms with E-state index < -0.39 is 11.5 Å². The second-order valence-electron chi connectivity index (χ2n) is 9.73. The molecule has 3 aromatic rings. The number of carbonyl (C=O) groups is 1. The number of H-pyrrole nitrogens is 1. The number of benzene rings is 1. The fourth-order valence-electron chi connectivity index (χ4n) is 5.03. The van der Waals surface area contributed by atoms with Crippen molar-refractivity contribution in [2.45, 2.75) is 25.8 Å². The zero-order chi connectivity index (χ0) is 25.4. The number of nitrogens with zero attached hydrogens (tertiary/aromatic N) is 3. The highest BCUT2D eigenvalue weighted by molar-refractivity contribution is 6.08. The maximum absolute atomic E-state index is 13.2. The van der Waals surface area contributed by atoms with Crippen LogP contribution in [0.25, 0.3) is 0 Å². The SMILES string of the molecule is Cc1c(Nc2cc[nH]c(=O)c2C(=O)Nc2ccc(N3CCN(C4CC4)CC3)cc2)cnc2c1NCCO2. The highest BCUT2D eigenvalue weighted by Gasteiger charge is 2.31. The lowest BCUT2D eigenvalue weighted by molar-refractivity contribution is 0.102. The van der Waals surface area contributed by atoms with E-state index in [-0.39, 0.29) is 5.56 Å². The molecule has 0 atom stereocenters. The molecule has 1 aliphatic carbocycles. The van der Waals surface area contributed by atoms with E-state index in [1.807, 2.05) is 31.2 Å². The Kier molecular flexibility index (Phi) is 6.17. The van der Waals surface area contributed by atoms with Crippen molar-refractivity contribution in [1.82, 2.24) is 14.9 Å². The van der Waals surface area contributed by atoms with Crippen LogP contribution in [0, 0.1) is 6.92 Å². The molecule has 0 radical (unpaired) electrons. The van der Waals surface area contributed by atoms with E-state index in [1.165, 1.54) is 19.0 Å². The molecule has 3 aliphatic rings. The summed E-state index contributed by atoms with van der Waals surface area (Å²) >= 11 is 0. The average molecular weight is 502 g/mol. The van der Waals surface area contributed by atoms with Gasteiger partial charge < -0.3 is 30.6 Å². The first-order chi connectivity index (χ1) is 18.1. The molecule has 0 bridgehead atoms. The monoisotopic (exact) mass is 501 g/mol. The van der Waals surface area contributed by atoms with Crippen molar-refractivity contribution in [2.75, 3.05) is 60.2 Å². The van der Waals surface area contributed by atoms with Crippen LogP contribution in [0.3, 0.4) is 0 Å². The van der Waals surface area contributed by atoms with Gasteiger partial charge in [-0.1, -0.05) is 0 Å². The summed E-state index contributed by atoms with van der Waals surface area (Å²) in [6.07, 6.45) is 5.84. The van der Waals surface area contributed by atoms with Crippen LogP contribution >= 0.6 is 0 Å². The second-order valence-corrected chi connectivity index (χ2v) is 9.73.